The third-order valence-corrected chi connectivity index (χ3v) is 2.66. The maximum absolute atomic E-state index is 13.5. The number of benzene rings is 1. The van der Waals surface area contributed by atoms with Gasteiger partial charge >= 0.3 is 0 Å². The average molecular weight is 209 g/mol. The summed E-state index contributed by atoms with van der Waals surface area (Å²) in [4.78, 5) is 0. The Kier molecular flexibility index (Phi) is 4.76. The van der Waals surface area contributed by atoms with Gasteiger partial charge in [-0.25, -0.2) is 4.39 Å². The number of hydrogen-bond acceptors (Lipinski definition) is 1. The van der Waals surface area contributed by atoms with Crippen LogP contribution in [-0.2, 0) is 0 Å². The van der Waals surface area contributed by atoms with Crippen LogP contribution in [0.25, 0.3) is 0 Å². The molecule has 84 valence electrons. The lowest BCUT2D eigenvalue weighted by molar-refractivity contribution is 0.449. The molecule has 0 saturated carbocycles. The number of rotatable bonds is 5. The van der Waals surface area contributed by atoms with Crippen molar-refractivity contribution in [1.82, 2.24) is 5.32 Å². The highest BCUT2D eigenvalue weighted by Gasteiger charge is 2.13. The molecule has 1 aromatic rings. The van der Waals surface area contributed by atoms with Crippen LogP contribution in [0, 0.1) is 11.7 Å². The third kappa shape index (κ3) is 3.63. The van der Waals surface area contributed by atoms with Gasteiger partial charge in [0.2, 0.25) is 0 Å². The van der Waals surface area contributed by atoms with Crippen molar-refractivity contribution in [2.24, 2.45) is 5.92 Å². The Balaban J connectivity index is 2.70. The fraction of sp³-hybridized carbons (Fsp3) is 0.538. The van der Waals surface area contributed by atoms with Crippen LogP contribution in [0.4, 0.5) is 4.39 Å². The summed E-state index contributed by atoms with van der Waals surface area (Å²) >= 11 is 0. The zero-order chi connectivity index (χ0) is 11.3. The molecule has 0 spiro atoms. The number of hydrogen-bond donors (Lipinski definition) is 1. The lowest BCUT2D eigenvalue weighted by Gasteiger charge is -2.18. The van der Waals surface area contributed by atoms with Crippen LogP contribution >= 0.6 is 0 Å². The van der Waals surface area contributed by atoms with E-state index in [4.69, 9.17) is 0 Å². The van der Waals surface area contributed by atoms with Crippen molar-refractivity contribution in [2.75, 3.05) is 7.05 Å². The Morgan fingerprint density at radius 2 is 1.87 bits per heavy atom. The topological polar surface area (TPSA) is 12.0 Å². The second-order valence-electron chi connectivity index (χ2n) is 4.33. The number of halogens is 1. The first kappa shape index (κ1) is 12.2. The van der Waals surface area contributed by atoms with Crippen LogP contribution in [0.3, 0.4) is 0 Å². The first-order chi connectivity index (χ1) is 7.15. The van der Waals surface area contributed by atoms with Gasteiger partial charge in [-0.3, -0.25) is 0 Å². The van der Waals surface area contributed by atoms with E-state index in [0.717, 1.165) is 18.4 Å². The van der Waals surface area contributed by atoms with Gasteiger partial charge in [-0.15, -0.1) is 0 Å². The van der Waals surface area contributed by atoms with Crippen molar-refractivity contribution in [3.05, 3.63) is 35.6 Å². The maximum Gasteiger partial charge on any atom is 0.127 e. The van der Waals surface area contributed by atoms with E-state index in [1.165, 1.54) is 6.07 Å². The van der Waals surface area contributed by atoms with Crippen LogP contribution in [0.2, 0.25) is 0 Å². The molecule has 0 amide bonds. The van der Waals surface area contributed by atoms with Gasteiger partial charge < -0.3 is 5.32 Å². The lowest BCUT2D eigenvalue weighted by atomic mass is 9.97. The molecule has 1 atom stereocenters. The Bertz CT molecular complexity index is 296. The van der Waals surface area contributed by atoms with Crippen molar-refractivity contribution in [1.29, 1.82) is 0 Å². The molecular formula is C13H20FN. The zero-order valence-corrected chi connectivity index (χ0v) is 9.76. The van der Waals surface area contributed by atoms with Gasteiger partial charge in [0, 0.05) is 11.6 Å². The smallest absolute Gasteiger partial charge is 0.127 e. The monoisotopic (exact) mass is 209 g/mol. The van der Waals surface area contributed by atoms with E-state index in [9.17, 15) is 4.39 Å². The first-order valence-corrected chi connectivity index (χ1v) is 5.56. The van der Waals surface area contributed by atoms with Crippen LogP contribution in [0.5, 0.6) is 0 Å². The highest BCUT2D eigenvalue weighted by atomic mass is 19.1. The molecule has 0 radical (unpaired) electrons. The van der Waals surface area contributed by atoms with Crippen molar-refractivity contribution in [3.63, 3.8) is 0 Å². The summed E-state index contributed by atoms with van der Waals surface area (Å²) in [5.41, 5.74) is 0.778. The molecule has 2 heteroatoms. The molecule has 1 unspecified atom stereocenters. The second-order valence-corrected chi connectivity index (χ2v) is 4.33. The quantitative estimate of drug-likeness (QED) is 0.782. The molecule has 1 nitrogen and oxygen atoms in total. The fourth-order valence-corrected chi connectivity index (χ4v) is 1.71. The maximum atomic E-state index is 13.5. The highest BCUT2D eigenvalue weighted by Crippen LogP contribution is 2.22. The van der Waals surface area contributed by atoms with E-state index in [0.29, 0.717) is 5.92 Å². The van der Waals surface area contributed by atoms with Crippen molar-refractivity contribution >= 4 is 0 Å². The molecule has 15 heavy (non-hydrogen) atoms. The molecule has 1 rings (SSSR count). The predicted molar refractivity (Wildman–Crippen MR) is 62.3 cm³/mol. The van der Waals surface area contributed by atoms with E-state index in [2.05, 4.69) is 19.2 Å². The van der Waals surface area contributed by atoms with Crippen molar-refractivity contribution in [3.8, 4) is 0 Å². The number of nitrogens with one attached hydrogen (secondary N) is 1. The Morgan fingerprint density at radius 3 is 2.40 bits per heavy atom. The summed E-state index contributed by atoms with van der Waals surface area (Å²) in [6.45, 7) is 4.38. The summed E-state index contributed by atoms with van der Waals surface area (Å²) in [6, 6.07) is 7.13. The summed E-state index contributed by atoms with van der Waals surface area (Å²) in [7, 11) is 1.89. The molecule has 0 heterocycles. The van der Waals surface area contributed by atoms with E-state index in [-0.39, 0.29) is 11.9 Å². The minimum atomic E-state index is -0.111. The van der Waals surface area contributed by atoms with Gasteiger partial charge in [0.15, 0.2) is 0 Å². The molecule has 1 aromatic carbocycles. The Hall–Kier alpha value is -0.890. The normalized spacial score (nSPS) is 13.1. The molecular weight excluding hydrogens is 189 g/mol. The summed E-state index contributed by atoms with van der Waals surface area (Å²) in [5, 5.41) is 3.17. The highest BCUT2D eigenvalue weighted by molar-refractivity contribution is 5.21. The van der Waals surface area contributed by atoms with E-state index >= 15 is 0 Å². The van der Waals surface area contributed by atoms with Crippen molar-refractivity contribution < 1.29 is 4.39 Å². The largest absolute Gasteiger partial charge is 0.313 e. The molecule has 0 aliphatic heterocycles. The summed E-state index contributed by atoms with van der Waals surface area (Å²) in [5.74, 6) is 0.549. The Morgan fingerprint density at radius 1 is 1.20 bits per heavy atom. The van der Waals surface area contributed by atoms with Gasteiger partial charge in [0.25, 0.3) is 0 Å². The lowest BCUT2D eigenvalue weighted by Crippen LogP contribution is -2.18. The molecule has 0 aromatic heterocycles. The first-order valence-electron chi connectivity index (χ1n) is 5.56. The minimum Gasteiger partial charge on any atom is -0.313 e. The molecule has 0 aliphatic carbocycles. The molecule has 0 bridgehead atoms. The van der Waals surface area contributed by atoms with Gasteiger partial charge in [-0.2, -0.15) is 0 Å². The van der Waals surface area contributed by atoms with E-state index in [1.807, 2.05) is 19.2 Å². The predicted octanol–water partition coefficient (Wildman–Crippen LogP) is 3.52. The second kappa shape index (κ2) is 5.86. The molecule has 0 saturated heterocycles. The minimum absolute atomic E-state index is 0.111. The molecule has 1 N–H and O–H groups in total. The zero-order valence-electron chi connectivity index (χ0n) is 9.76. The standard InChI is InChI=1S/C13H20FN/c1-10(2)8-9-13(15-3)11-6-4-5-7-12(11)14/h4-7,10,13,15H,8-9H2,1-3H3. The van der Waals surface area contributed by atoms with Gasteiger partial charge in [-0.05, 0) is 31.9 Å². The van der Waals surface area contributed by atoms with Crippen LogP contribution in [-0.4, -0.2) is 7.05 Å². The van der Waals surface area contributed by atoms with Crippen molar-refractivity contribution in [2.45, 2.75) is 32.7 Å². The fourth-order valence-electron chi connectivity index (χ4n) is 1.71. The van der Waals surface area contributed by atoms with Gasteiger partial charge in [-0.1, -0.05) is 32.0 Å². The van der Waals surface area contributed by atoms with Crippen LogP contribution < -0.4 is 5.32 Å². The summed E-state index contributed by atoms with van der Waals surface area (Å²) in [6.07, 6.45) is 2.09. The molecule has 0 aliphatic rings. The molecule has 0 fully saturated rings. The van der Waals surface area contributed by atoms with Gasteiger partial charge in [0.05, 0.1) is 0 Å². The van der Waals surface area contributed by atoms with Crippen LogP contribution in [0.1, 0.15) is 38.3 Å². The van der Waals surface area contributed by atoms with E-state index in [1.54, 1.807) is 6.07 Å². The average Bonchev–Trinajstić information content (AvgIpc) is 2.21. The van der Waals surface area contributed by atoms with Gasteiger partial charge in [0.1, 0.15) is 5.82 Å². The van der Waals surface area contributed by atoms with Crippen LogP contribution in [0.15, 0.2) is 24.3 Å². The van der Waals surface area contributed by atoms with E-state index < -0.39 is 0 Å². The summed E-state index contributed by atoms with van der Waals surface area (Å²) < 4.78 is 13.5. The SMILES string of the molecule is CNC(CCC(C)C)c1ccccc1F. The Labute approximate surface area is 91.7 Å². The third-order valence-electron chi connectivity index (χ3n) is 2.66.